The summed E-state index contributed by atoms with van der Waals surface area (Å²) in [4.78, 5) is 0. The van der Waals surface area contributed by atoms with E-state index in [9.17, 15) is 0 Å². The van der Waals surface area contributed by atoms with E-state index in [2.05, 4.69) is 102 Å². The minimum atomic E-state index is 0.180. The molecule has 0 spiro atoms. The summed E-state index contributed by atoms with van der Waals surface area (Å²) in [5.74, 6) is 0. The van der Waals surface area contributed by atoms with E-state index in [-0.39, 0.29) is 10.8 Å². The Morgan fingerprint density at radius 3 is 1.30 bits per heavy atom. The van der Waals surface area contributed by atoms with Gasteiger partial charge in [-0.3, -0.25) is 0 Å². The first-order valence-corrected chi connectivity index (χ1v) is 16.7. The Balaban J connectivity index is 0.000000259. The summed E-state index contributed by atoms with van der Waals surface area (Å²) < 4.78 is 3.34. The molecular weight excluding hydrogens is 619 g/mol. The molecule has 0 amide bonds. The van der Waals surface area contributed by atoms with Crippen LogP contribution in [-0.4, -0.2) is 4.21 Å². The van der Waals surface area contributed by atoms with Crippen molar-refractivity contribution in [2.24, 2.45) is 0 Å². The van der Waals surface area contributed by atoms with Crippen molar-refractivity contribution in [2.75, 3.05) is 0 Å². The smallest absolute Gasteiger partial charge is 0.171 e. The van der Waals surface area contributed by atoms with Crippen molar-refractivity contribution >= 4 is 37.4 Å². The third-order valence-electron chi connectivity index (χ3n) is 6.85. The fraction of sp³-hybridized carbons (Fsp3) is 0.244. The van der Waals surface area contributed by atoms with Gasteiger partial charge >= 0.3 is 28.4 Å². The second kappa shape index (κ2) is 17.4. The number of benzene rings is 4. The molecule has 0 aliphatic carbocycles. The number of aryl methyl sites for hydroxylation is 2. The second-order valence-corrected chi connectivity index (χ2v) is 12.8. The number of rotatable bonds is 0. The van der Waals surface area contributed by atoms with Crippen molar-refractivity contribution in [1.82, 2.24) is 0 Å². The average molecular weight is 664 g/mol. The largest absolute Gasteiger partial charge is 0.214 e. The van der Waals surface area contributed by atoms with Gasteiger partial charge in [0.25, 0.3) is 0 Å². The maximum absolute atomic E-state index is 5.52. The molecular formula is C41H45ClZr-4. The van der Waals surface area contributed by atoms with Gasteiger partial charge in [0.1, 0.15) is 0 Å². The Kier molecular flexibility index (Phi) is 14.7. The molecule has 6 rings (SSSR count). The van der Waals surface area contributed by atoms with E-state index in [0.717, 1.165) is 5.02 Å². The second-order valence-electron chi connectivity index (χ2n) is 12.4. The third-order valence-corrected chi connectivity index (χ3v) is 7.10. The normalized spacial score (nSPS) is 10.6. The molecule has 0 aliphatic heterocycles. The standard InChI is InChI=1S/C23H29.C6H4Cl.C6H5.C5H5.CH2.Zr/c1-14-9-16-11-17-10-15(2)21(23(6,7)8)13-19(17)18(16)12-20(14)22(3,4)5;7-6-4-2-1-3-5-6;1-2-4-6-5-3-1;1-2-4-5-3-1;;/h9-13H,1-8H3;2-5H;1-5H;1-5H;1H2;/q4*-1;;. The van der Waals surface area contributed by atoms with Crippen LogP contribution in [0.1, 0.15) is 63.8 Å². The van der Waals surface area contributed by atoms with E-state index in [4.69, 9.17) is 11.6 Å². The van der Waals surface area contributed by atoms with Crippen LogP contribution in [0.4, 0.5) is 0 Å². The van der Waals surface area contributed by atoms with Crippen LogP contribution < -0.4 is 0 Å². The first kappa shape index (κ1) is 36.3. The van der Waals surface area contributed by atoms with Crippen LogP contribution in [0.25, 0.3) is 21.5 Å². The van der Waals surface area contributed by atoms with E-state index in [1.54, 1.807) is 24.3 Å². The zero-order chi connectivity index (χ0) is 32.0. The number of fused-ring (bicyclic) bond motifs is 3. The summed E-state index contributed by atoms with van der Waals surface area (Å²) >= 11 is 6.82. The van der Waals surface area contributed by atoms with E-state index in [1.807, 2.05) is 60.7 Å². The molecule has 2 heteroatoms. The maximum Gasteiger partial charge on any atom is -0.171 e. The zero-order valence-electron chi connectivity index (χ0n) is 27.1. The fourth-order valence-corrected chi connectivity index (χ4v) is 5.10. The zero-order valence-corrected chi connectivity index (χ0v) is 30.3. The predicted molar refractivity (Wildman–Crippen MR) is 189 cm³/mol. The van der Waals surface area contributed by atoms with Gasteiger partial charge in [-0.15, -0.1) is 51.3 Å². The molecule has 43 heavy (non-hydrogen) atoms. The van der Waals surface area contributed by atoms with Crippen molar-refractivity contribution in [1.29, 1.82) is 0 Å². The molecule has 6 aromatic carbocycles. The first-order valence-electron chi connectivity index (χ1n) is 14.6. The van der Waals surface area contributed by atoms with Crippen LogP contribution in [0.15, 0.2) is 115 Å². The number of hydrogen-bond acceptors (Lipinski definition) is 0. The van der Waals surface area contributed by atoms with E-state index >= 15 is 0 Å². The van der Waals surface area contributed by atoms with Crippen LogP contribution in [-0.2, 0) is 35.1 Å². The monoisotopic (exact) mass is 662 g/mol. The minimum Gasteiger partial charge on any atom is -0.214 e. The van der Waals surface area contributed by atoms with E-state index in [1.165, 1.54) is 68.0 Å². The molecule has 6 aromatic rings. The van der Waals surface area contributed by atoms with Gasteiger partial charge in [0.15, 0.2) is 0 Å². The summed E-state index contributed by atoms with van der Waals surface area (Å²) in [6.07, 6.45) is 0. The Morgan fingerprint density at radius 2 is 1.05 bits per heavy atom. The molecule has 0 saturated carbocycles. The number of hydrogen-bond donors (Lipinski definition) is 0. The van der Waals surface area contributed by atoms with Gasteiger partial charge in [0, 0.05) is 0 Å². The van der Waals surface area contributed by atoms with Crippen LogP contribution in [0.5, 0.6) is 0 Å². The topological polar surface area (TPSA) is 0 Å². The van der Waals surface area contributed by atoms with Gasteiger partial charge in [-0.25, -0.2) is 12.1 Å². The van der Waals surface area contributed by atoms with Gasteiger partial charge in [0.05, 0.1) is 0 Å². The average Bonchev–Trinajstić information content (AvgIpc) is 3.66. The van der Waals surface area contributed by atoms with Crippen molar-refractivity contribution < 1.29 is 24.2 Å². The first-order chi connectivity index (χ1) is 20.4. The van der Waals surface area contributed by atoms with Crippen LogP contribution in [0.2, 0.25) is 5.02 Å². The predicted octanol–water partition coefficient (Wildman–Crippen LogP) is 11.9. The van der Waals surface area contributed by atoms with Gasteiger partial charge in [0.2, 0.25) is 0 Å². The van der Waals surface area contributed by atoms with Crippen molar-refractivity contribution in [3.63, 3.8) is 0 Å². The summed E-state index contributed by atoms with van der Waals surface area (Å²) in [5, 5.41) is 6.31. The molecule has 0 saturated heterocycles. The Morgan fingerprint density at radius 1 is 0.628 bits per heavy atom. The Hall–Kier alpha value is -2.86. The summed E-state index contributed by atoms with van der Waals surface area (Å²) in [5.41, 5.74) is 6.06. The SMILES string of the molecule is Cc1cc2[cH-]c3cc(C)c(C(C)(C)C)cc3c2cc1C(C)(C)C.Clc1cc[c-]cc1.[CH2]=[Zr].[c-]1ccccc1.c1cc[cH-]c1. The quantitative estimate of drug-likeness (QED) is 0.142. The molecule has 0 atom stereocenters. The molecule has 0 bridgehead atoms. The van der Waals surface area contributed by atoms with Crippen LogP contribution >= 0.6 is 11.6 Å². The Bertz CT molecular complexity index is 1490. The molecule has 0 N–H and O–H groups in total. The molecule has 0 unspecified atom stereocenters. The fourth-order valence-electron chi connectivity index (χ4n) is 4.98. The maximum atomic E-state index is 5.52. The molecule has 0 aliphatic rings. The summed E-state index contributed by atoms with van der Waals surface area (Å²) in [7, 11) is 0. The summed E-state index contributed by atoms with van der Waals surface area (Å²) in [6, 6.07) is 44.4. The third kappa shape index (κ3) is 11.6. The van der Waals surface area contributed by atoms with Gasteiger partial charge < -0.3 is 0 Å². The van der Waals surface area contributed by atoms with E-state index in [0.29, 0.717) is 0 Å². The molecule has 0 nitrogen and oxygen atoms in total. The molecule has 224 valence electrons. The van der Waals surface area contributed by atoms with Gasteiger partial charge in [-0.1, -0.05) is 81.0 Å². The van der Waals surface area contributed by atoms with Crippen LogP contribution in [0.3, 0.4) is 0 Å². The molecule has 0 heterocycles. The Labute approximate surface area is 280 Å². The number of halogens is 1. The molecule has 0 fully saturated rings. The van der Waals surface area contributed by atoms with Gasteiger partial charge in [-0.2, -0.15) is 84.9 Å². The van der Waals surface area contributed by atoms with E-state index < -0.39 is 0 Å². The summed E-state index contributed by atoms with van der Waals surface area (Å²) in [6.45, 7) is 18.3. The van der Waals surface area contributed by atoms with Crippen molar-refractivity contribution in [3.05, 3.63) is 155 Å². The molecule has 0 radical (unpaired) electrons. The van der Waals surface area contributed by atoms with Crippen molar-refractivity contribution in [3.8, 4) is 0 Å². The molecule has 0 aromatic heterocycles. The van der Waals surface area contributed by atoms with Crippen LogP contribution in [0, 0.1) is 26.0 Å². The van der Waals surface area contributed by atoms with Crippen molar-refractivity contribution in [2.45, 2.75) is 66.2 Å². The van der Waals surface area contributed by atoms with Gasteiger partial charge in [-0.05, 0) is 24.7 Å². The minimum absolute atomic E-state index is 0.180.